The molecule has 0 amide bonds. The first kappa shape index (κ1) is 21.6. The first-order chi connectivity index (χ1) is 15.6. The van der Waals surface area contributed by atoms with Crippen molar-refractivity contribution in [1.29, 1.82) is 5.26 Å². The standard InChI is InChI=1S/C25H24FN3O3/c1-16-18(20-5-2-3-8-21(20)26)6-4-7-19(16)25-29-22-13-17(15-28-10-11-30)23(31-12-9-27)14-24(22)32-25/h2-8,13-14,25,28-30H,10-12,15H2,1H3. The number of hydrogen-bond acceptors (Lipinski definition) is 6. The number of nitrogens with one attached hydrogen (secondary N) is 2. The van der Waals surface area contributed by atoms with E-state index in [9.17, 15) is 4.39 Å². The first-order valence-corrected chi connectivity index (χ1v) is 10.4. The molecule has 3 aromatic rings. The van der Waals surface area contributed by atoms with E-state index in [0.29, 0.717) is 30.2 Å². The summed E-state index contributed by atoms with van der Waals surface area (Å²) < 4.78 is 26.1. The molecule has 0 bridgehead atoms. The number of halogens is 1. The third kappa shape index (κ3) is 4.37. The number of aliphatic hydroxyl groups excluding tert-OH is 1. The molecule has 1 aliphatic rings. The van der Waals surface area contributed by atoms with Crippen molar-refractivity contribution in [3.8, 4) is 28.7 Å². The summed E-state index contributed by atoms with van der Waals surface area (Å²) in [6.45, 7) is 2.83. The summed E-state index contributed by atoms with van der Waals surface area (Å²) in [6.07, 6.45) is -0.443. The summed E-state index contributed by atoms with van der Waals surface area (Å²) in [5.74, 6) is 0.898. The van der Waals surface area contributed by atoms with Crippen molar-refractivity contribution in [2.24, 2.45) is 0 Å². The molecule has 0 spiro atoms. The van der Waals surface area contributed by atoms with Crippen molar-refractivity contribution >= 4 is 5.69 Å². The van der Waals surface area contributed by atoms with E-state index >= 15 is 0 Å². The molecule has 164 valence electrons. The molecule has 0 aromatic heterocycles. The van der Waals surface area contributed by atoms with Crippen molar-refractivity contribution in [1.82, 2.24) is 5.32 Å². The van der Waals surface area contributed by atoms with E-state index in [2.05, 4.69) is 10.6 Å². The molecule has 6 nitrogen and oxygen atoms in total. The molecule has 0 aliphatic carbocycles. The van der Waals surface area contributed by atoms with Crippen LogP contribution < -0.4 is 20.1 Å². The van der Waals surface area contributed by atoms with Crippen molar-refractivity contribution in [3.05, 3.63) is 77.1 Å². The minimum absolute atomic E-state index is 0.0282. The summed E-state index contributed by atoms with van der Waals surface area (Å²) in [5, 5.41) is 24.4. The molecule has 1 heterocycles. The van der Waals surface area contributed by atoms with Crippen LogP contribution in [0.2, 0.25) is 0 Å². The number of fused-ring (bicyclic) bond motifs is 1. The Labute approximate surface area is 186 Å². The maximum Gasteiger partial charge on any atom is 0.196 e. The number of rotatable bonds is 8. The highest BCUT2D eigenvalue weighted by atomic mass is 19.1. The fourth-order valence-corrected chi connectivity index (χ4v) is 3.85. The van der Waals surface area contributed by atoms with E-state index in [1.807, 2.05) is 43.3 Å². The highest BCUT2D eigenvalue weighted by molar-refractivity contribution is 5.71. The van der Waals surface area contributed by atoms with Crippen LogP contribution in [0.3, 0.4) is 0 Å². The van der Waals surface area contributed by atoms with Gasteiger partial charge in [-0.1, -0.05) is 36.4 Å². The Hall–Kier alpha value is -3.60. The Bertz CT molecular complexity index is 1160. The van der Waals surface area contributed by atoms with Crippen molar-refractivity contribution < 1.29 is 19.0 Å². The number of anilines is 1. The van der Waals surface area contributed by atoms with Gasteiger partial charge in [-0.05, 0) is 30.2 Å². The second-order valence-corrected chi connectivity index (χ2v) is 7.45. The molecule has 3 N–H and O–H groups in total. The second-order valence-electron chi connectivity index (χ2n) is 7.45. The van der Waals surface area contributed by atoms with Crippen LogP contribution in [0.1, 0.15) is 22.9 Å². The lowest BCUT2D eigenvalue weighted by Gasteiger charge is -2.17. The minimum Gasteiger partial charge on any atom is -0.478 e. The molecule has 0 fully saturated rings. The number of nitrogens with zero attached hydrogens (tertiary/aromatic N) is 1. The number of aliphatic hydroxyl groups is 1. The predicted octanol–water partition coefficient (Wildman–Crippen LogP) is 4.29. The Morgan fingerprint density at radius 1 is 1.19 bits per heavy atom. The molecule has 0 saturated carbocycles. The number of ether oxygens (including phenoxy) is 2. The number of nitriles is 1. The van der Waals surface area contributed by atoms with E-state index in [-0.39, 0.29) is 19.0 Å². The van der Waals surface area contributed by atoms with Crippen molar-refractivity contribution in [2.45, 2.75) is 19.7 Å². The van der Waals surface area contributed by atoms with Gasteiger partial charge in [0.25, 0.3) is 0 Å². The van der Waals surface area contributed by atoms with E-state index in [1.165, 1.54) is 6.07 Å². The second kappa shape index (κ2) is 9.69. The predicted molar refractivity (Wildman–Crippen MR) is 120 cm³/mol. The van der Waals surface area contributed by atoms with Gasteiger partial charge >= 0.3 is 0 Å². The average molecular weight is 433 g/mol. The van der Waals surface area contributed by atoms with Crippen LogP contribution in [-0.4, -0.2) is 24.9 Å². The Kier molecular flexibility index (Phi) is 6.55. The number of benzene rings is 3. The fourth-order valence-electron chi connectivity index (χ4n) is 3.85. The molecular weight excluding hydrogens is 409 g/mol. The first-order valence-electron chi connectivity index (χ1n) is 10.4. The van der Waals surface area contributed by atoms with Crippen LogP contribution in [0.15, 0.2) is 54.6 Å². The smallest absolute Gasteiger partial charge is 0.196 e. The molecular formula is C25H24FN3O3. The van der Waals surface area contributed by atoms with Crippen LogP contribution in [-0.2, 0) is 6.54 Å². The molecule has 1 aliphatic heterocycles. The quantitative estimate of drug-likeness (QED) is 0.460. The van der Waals surface area contributed by atoms with Gasteiger partial charge in [-0.2, -0.15) is 5.26 Å². The SMILES string of the molecule is Cc1c(-c2ccccc2F)cccc1C1Nc2cc(CNCCO)c(OCC#N)cc2O1. The van der Waals surface area contributed by atoms with Gasteiger partial charge in [0, 0.05) is 35.8 Å². The zero-order valence-electron chi connectivity index (χ0n) is 17.7. The third-order valence-electron chi connectivity index (χ3n) is 5.41. The molecule has 1 unspecified atom stereocenters. The Balaban J connectivity index is 1.63. The Morgan fingerprint density at radius 2 is 2.00 bits per heavy atom. The molecule has 32 heavy (non-hydrogen) atoms. The maximum atomic E-state index is 14.4. The van der Waals surface area contributed by atoms with Crippen LogP contribution in [0.25, 0.3) is 11.1 Å². The van der Waals surface area contributed by atoms with Crippen molar-refractivity contribution in [3.63, 3.8) is 0 Å². The van der Waals surface area contributed by atoms with Gasteiger partial charge in [-0.25, -0.2) is 4.39 Å². The summed E-state index contributed by atoms with van der Waals surface area (Å²) in [6, 6.07) is 18.1. The van der Waals surface area contributed by atoms with E-state index in [0.717, 1.165) is 27.9 Å². The minimum atomic E-state index is -0.443. The van der Waals surface area contributed by atoms with Gasteiger partial charge in [-0.3, -0.25) is 0 Å². The molecule has 4 rings (SSSR count). The van der Waals surface area contributed by atoms with Crippen LogP contribution in [0.4, 0.5) is 10.1 Å². The summed E-state index contributed by atoms with van der Waals surface area (Å²) in [4.78, 5) is 0. The topological polar surface area (TPSA) is 86.5 Å². The van der Waals surface area contributed by atoms with E-state index in [4.69, 9.17) is 19.8 Å². The maximum absolute atomic E-state index is 14.4. The van der Waals surface area contributed by atoms with E-state index < -0.39 is 6.23 Å². The lowest BCUT2D eigenvalue weighted by Crippen LogP contribution is -2.18. The lowest BCUT2D eigenvalue weighted by atomic mass is 9.95. The highest BCUT2D eigenvalue weighted by Crippen LogP contribution is 2.43. The Morgan fingerprint density at radius 3 is 2.78 bits per heavy atom. The van der Waals surface area contributed by atoms with Crippen LogP contribution >= 0.6 is 0 Å². The largest absolute Gasteiger partial charge is 0.478 e. The van der Waals surface area contributed by atoms with Gasteiger partial charge in [0.15, 0.2) is 12.8 Å². The zero-order chi connectivity index (χ0) is 22.5. The summed E-state index contributed by atoms with van der Waals surface area (Å²) >= 11 is 0. The molecule has 7 heteroatoms. The van der Waals surface area contributed by atoms with Gasteiger partial charge in [-0.15, -0.1) is 0 Å². The molecule has 3 aromatic carbocycles. The average Bonchev–Trinajstić information content (AvgIpc) is 3.21. The fraction of sp³-hybridized carbons (Fsp3) is 0.240. The van der Waals surface area contributed by atoms with E-state index in [1.54, 1.807) is 18.2 Å². The monoisotopic (exact) mass is 433 g/mol. The highest BCUT2D eigenvalue weighted by Gasteiger charge is 2.27. The molecule has 0 saturated heterocycles. The van der Waals surface area contributed by atoms with Gasteiger partial charge < -0.3 is 25.2 Å². The van der Waals surface area contributed by atoms with Gasteiger partial charge in [0.2, 0.25) is 0 Å². The summed E-state index contributed by atoms with van der Waals surface area (Å²) in [5.41, 5.74) is 4.84. The normalized spacial score (nSPS) is 14.2. The summed E-state index contributed by atoms with van der Waals surface area (Å²) in [7, 11) is 0. The van der Waals surface area contributed by atoms with Gasteiger partial charge in [0.1, 0.15) is 23.4 Å². The lowest BCUT2D eigenvalue weighted by molar-refractivity contribution is 0.257. The zero-order valence-corrected chi connectivity index (χ0v) is 17.7. The molecule has 0 radical (unpaired) electrons. The molecule has 1 atom stereocenters. The third-order valence-corrected chi connectivity index (χ3v) is 5.41. The van der Waals surface area contributed by atoms with Crippen molar-refractivity contribution in [2.75, 3.05) is 25.1 Å². The number of hydrogen-bond donors (Lipinski definition) is 3. The van der Waals surface area contributed by atoms with Crippen LogP contribution in [0, 0.1) is 24.1 Å². The van der Waals surface area contributed by atoms with Crippen LogP contribution in [0.5, 0.6) is 11.5 Å². The van der Waals surface area contributed by atoms with Gasteiger partial charge in [0.05, 0.1) is 12.3 Å².